The lowest BCUT2D eigenvalue weighted by Gasteiger charge is -2.35. The van der Waals surface area contributed by atoms with E-state index in [9.17, 15) is 14.7 Å². The van der Waals surface area contributed by atoms with E-state index in [-0.39, 0.29) is 17.6 Å². The first kappa shape index (κ1) is 19.7. The lowest BCUT2D eigenvalue weighted by atomic mass is 10.0. The van der Waals surface area contributed by atoms with E-state index in [2.05, 4.69) is 0 Å². The van der Waals surface area contributed by atoms with Crippen LogP contribution in [0.1, 0.15) is 27.0 Å². The van der Waals surface area contributed by atoms with Crippen LogP contribution in [0.5, 0.6) is 11.5 Å². The number of carbonyl (C=O) groups is 2. The number of hydrogen-bond donors (Lipinski definition) is 1. The monoisotopic (exact) mass is 382 g/mol. The molecule has 6 nitrogen and oxygen atoms in total. The van der Waals surface area contributed by atoms with E-state index in [1.807, 2.05) is 37.3 Å². The molecule has 2 aromatic rings. The zero-order valence-electron chi connectivity index (χ0n) is 16.6. The topological polar surface area (TPSA) is 70.1 Å². The molecule has 0 unspecified atom stereocenters. The summed E-state index contributed by atoms with van der Waals surface area (Å²) in [5.41, 5.74) is 2.89. The van der Waals surface area contributed by atoms with E-state index >= 15 is 0 Å². The molecule has 1 aliphatic rings. The largest absolute Gasteiger partial charge is 0.507 e. The molecule has 2 amide bonds. The average molecular weight is 382 g/mol. The van der Waals surface area contributed by atoms with Crippen LogP contribution in [-0.4, -0.2) is 60.0 Å². The first-order chi connectivity index (χ1) is 13.4. The Kier molecular flexibility index (Phi) is 5.87. The number of hydrogen-bond acceptors (Lipinski definition) is 4. The highest BCUT2D eigenvalue weighted by atomic mass is 16.5. The van der Waals surface area contributed by atoms with Crippen LogP contribution in [0, 0.1) is 13.8 Å². The van der Waals surface area contributed by atoms with Crippen molar-refractivity contribution >= 4 is 11.8 Å². The first-order valence-electron chi connectivity index (χ1n) is 9.40. The van der Waals surface area contributed by atoms with Crippen LogP contribution in [0.2, 0.25) is 0 Å². The number of rotatable bonds is 4. The van der Waals surface area contributed by atoms with E-state index < -0.39 is 0 Å². The number of piperazine rings is 1. The van der Waals surface area contributed by atoms with Crippen LogP contribution in [0.3, 0.4) is 0 Å². The summed E-state index contributed by atoms with van der Waals surface area (Å²) in [6, 6.07) is 11.0. The number of benzene rings is 2. The number of methoxy groups -OCH3 is 1. The number of phenolic OH excluding ortho intramolecular Hbond substituents is 1. The maximum Gasteiger partial charge on any atom is 0.257 e. The summed E-state index contributed by atoms with van der Waals surface area (Å²) >= 11 is 0. The Hall–Kier alpha value is -3.02. The molecule has 0 saturated carbocycles. The van der Waals surface area contributed by atoms with Crippen molar-refractivity contribution in [2.45, 2.75) is 20.3 Å². The van der Waals surface area contributed by atoms with Gasteiger partial charge in [-0.05, 0) is 48.7 Å². The summed E-state index contributed by atoms with van der Waals surface area (Å²) in [5.74, 6) is 0.616. The molecular weight excluding hydrogens is 356 g/mol. The molecule has 1 aliphatic heterocycles. The Bertz CT molecular complexity index is 886. The third-order valence-electron chi connectivity index (χ3n) is 5.34. The van der Waals surface area contributed by atoms with Crippen molar-refractivity contribution < 1.29 is 19.4 Å². The van der Waals surface area contributed by atoms with Gasteiger partial charge >= 0.3 is 0 Å². The summed E-state index contributed by atoms with van der Waals surface area (Å²) in [6.45, 7) is 5.58. The molecule has 1 saturated heterocycles. The summed E-state index contributed by atoms with van der Waals surface area (Å²) < 4.78 is 5.20. The van der Waals surface area contributed by atoms with Crippen molar-refractivity contribution in [1.29, 1.82) is 0 Å². The van der Waals surface area contributed by atoms with E-state index in [1.54, 1.807) is 29.9 Å². The van der Waals surface area contributed by atoms with Crippen LogP contribution in [0.15, 0.2) is 36.4 Å². The molecule has 0 bridgehead atoms. The maximum atomic E-state index is 12.8. The van der Waals surface area contributed by atoms with Crippen molar-refractivity contribution in [3.63, 3.8) is 0 Å². The van der Waals surface area contributed by atoms with Gasteiger partial charge in [-0.1, -0.05) is 18.2 Å². The second kappa shape index (κ2) is 8.33. The maximum absolute atomic E-state index is 12.8. The second-order valence-corrected chi connectivity index (χ2v) is 7.10. The number of aryl methyl sites for hydroxylation is 1. The summed E-state index contributed by atoms with van der Waals surface area (Å²) in [6.07, 6.45) is 0.309. The number of aromatic hydroxyl groups is 1. The number of phenols is 1. The normalized spacial score (nSPS) is 14.1. The Labute approximate surface area is 165 Å². The van der Waals surface area contributed by atoms with Crippen molar-refractivity contribution in [2.75, 3.05) is 33.3 Å². The molecule has 2 aromatic carbocycles. The van der Waals surface area contributed by atoms with E-state index in [0.29, 0.717) is 38.2 Å². The van der Waals surface area contributed by atoms with E-state index in [0.717, 1.165) is 22.4 Å². The standard InChI is InChI=1S/C22H26N2O4/c1-15-7-8-19(21(26)16(15)2)22(27)24-11-9-23(10-12-24)20(25)14-17-5-4-6-18(13-17)28-3/h4-8,13,26H,9-12,14H2,1-3H3. The number of carbonyl (C=O) groups excluding carboxylic acids is 2. The zero-order valence-corrected chi connectivity index (χ0v) is 16.6. The highest BCUT2D eigenvalue weighted by Gasteiger charge is 2.26. The van der Waals surface area contributed by atoms with Gasteiger partial charge in [-0.2, -0.15) is 0 Å². The molecule has 0 radical (unpaired) electrons. The lowest BCUT2D eigenvalue weighted by Crippen LogP contribution is -2.51. The third kappa shape index (κ3) is 4.11. The fraction of sp³-hybridized carbons (Fsp3) is 0.364. The summed E-state index contributed by atoms with van der Waals surface area (Å²) in [4.78, 5) is 28.8. The van der Waals surface area contributed by atoms with Gasteiger partial charge in [-0.3, -0.25) is 9.59 Å². The zero-order chi connectivity index (χ0) is 20.3. The SMILES string of the molecule is COc1cccc(CC(=O)N2CCN(C(=O)c3ccc(C)c(C)c3O)CC2)c1. The van der Waals surface area contributed by atoms with Crippen LogP contribution in [-0.2, 0) is 11.2 Å². The molecule has 1 fully saturated rings. The first-order valence-corrected chi connectivity index (χ1v) is 9.40. The summed E-state index contributed by atoms with van der Waals surface area (Å²) in [5, 5.41) is 10.3. The van der Waals surface area contributed by atoms with Gasteiger partial charge in [0.25, 0.3) is 5.91 Å². The molecule has 0 aliphatic carbocycles. The summed E-state index contributed by atoms with van der Waals surface area (Å²) in [7, 11) is 1.60. The minimum atomic E-state index is -0.194. The molecule has 0 atom stereocenters. The van der Waals surface area contributed by atoms with Crippen LogP contribution < -0.4 is 4.74 Å². The van der Waals surface area contributed by atoms with Crippen LogP contribution in [0.25, 0.3) is 0 Å². The molecule has 0 aromatic heterocycles. The minimum Gasteiger partial charge on any atom is -0.507 e. The molecule has 1 heterocycles. The lowest BCUT2D eigenvalue weighted by molar-refractivity contribution is -0.131. The molecule has 3 rings (SSSR count). The molecule has 0 spiro atoms. The van der Waals surface area contributed by atoms with Crippen molar-refractivity contribution in [1.82, 2.24) is 9.80 Å². The fourth-order valence-electron chi connectivity index (χ4n) is 3.37. The van der Waals surface area contributed by atoms with Gasteiger partial charge in [-0.15, -0.1) is 0 Å². The highest BCUT2D eigenvalue weighted by molar-refractivity contribution is 5.97. The molecule has 28 heavy (non-hydrogen) atoms. The van der Waals surface area contributed by atoms with Gasteiger partial charge in [0.2, 0.25) is 5.91 Å². The molecule has 1 N–H and O–H groups in total. The Balaban J connectivity index is 1.60. The predicted molar refractivity (Wildman–Crippen MR) is 107 cm³/mol. The Morgan fingerprint density at radius 1 is 1.04 bits per heavy atom. The minimum absolute atomic E-state index is 0.0365. The van der Waals surface area contributed by atoms with Gasteiger partial charge < -0.3 is 19.6 Å². The van der Waals surface area contributed by atoms with E-state index in [4.69, 9.17) is 4.74 Å². The van der Waals surface area contributed by atoms with Crippen LogP contribution >= 0.6 is 0 Å². The predicted octanol–water partition coefficient (Wildman–Crippen LogP) is 2.54. The fourth-order valence-corrected chi connectivity index (χ4v) is 3.37. The quantitative estimate of drug-likeness (QED) is 0.882. The molecular formula is C22H26N2O4. The Morgan fingerprint density at radius 3 is 2.39 bits per heavy atom. The van der Waals surface area contributed by atoms with Gasteiger partial charge in [0, 0.05) is 26.2 Å². The van der Waals surface area contributed by atoms with Crippen molar-refractivity contribution in [2.24, 2.45) is 0 Å². The highest BCUT2D eigenvalue weighted by Crippen LogP contribution is 2.26. The van der Waals surface area contributed by atoms with E-state index in [1.165, 1.54) is 0 Å². The molecule has 6 heteroatoms. The average Bonchev–Trinajstić information content (AvgIpc) is 2.72. The number of amides is 2. The van der Waals surface area contributed by atoms with Gasteiger partial charge in [0.15, 0.2) is 0 Å². The smallest absolute Gasteiger partial charge is 0.257 e. The third-order valence-corrected chi connectivity index (χ3v) is 5.34. The van der Waals surface area contributed by atoms with Gasteiger partial charge in [0.05, 0.1) is 19.1 Å². The van der Waals surface area contributed by atoms with Gasteiger partial charge in [0.1, 0.15) is 11.5 Å². The number of ether oxygens (including phenoxy) is 1. The molecule has 148 valence electrons. The van der Waals surface area contributed by atoms with Crippen LogP contribution in [0.4, 0.5) is 0 Å². The van der Waals surface area contributed by atoms with Crippen molar-refractivity contribution in [3.05, 3.63) is 58.7 Å². The number of nitrogens with zero attached hydrogens (tertiary/aromatic N) is 2. The second-order valence-electron chi connectivity index (χ2n) is 7.10. The van der Waals surface area contributed by atoms with Gasteiger partial charge in [-0.25, -0.2) is 0 Å². The van der Waals surface area contributed by atoms with Crippen molar-refractivity contribution in [3.8, 4) is 11.5 Å². The Morgan fingerprint density at radius 2 is 1.71 bits per heavy atom.